The second-order valence-electron chi connectivity index (χ2n) is 5.04. The Morgan fingerprint density at radius 3 is 2.28 bits per heavy atom. The molecule has 7 heteroatoms. The largest absolute Gasteiger partial charge is 0.444 e. The van der Waals surface area contributed by atoms with Crippen LogP contribution in [0.2, 0.25) is 0 Å². The fourth-order valence-electron chi connectivity index (χ4n) is 1.09. The molecule has 0 rings (SSSR count). The maximum Gasteiger partial charge on any atom is 0.410 e. The van der Waals surface area contributed by atoms with Gasteiger partial charge in [-0.25, -0.2) is 4.79 Å². The number of nitrogens with two attached hydrogens (primary N) is 2. The highest BCUT2D eigenvalue weighted by Gasteiger charge is 2.22. The lowest BCUT2D eigenvalue weighted by molar-refractivity contribution is 0.0231. The minimum absolute atomic E-state index is 0. The van der Waals surface area contributed by atoms with Gasteiger partial charge in [0.15, 0.2) is 5.96 Å². The number of hydrogen-bond acceptors (Lipinski definition) is 3. The van der Waals surface area contributed by atoms with Crippen LogP contribution in [-0.2, 0) is 4.74 Å². The molecular weight excluding hydrogens is 347 g/mol. The summed E-state index contributed by atoms with van der Waals surface area (Å²) in [6, 6.07) is 0.0212. The first-order valence-corrected chi connectivity index (χ1v) is 5.64. The Bertz CT molecular complexity index is 285. The molecule has 4 N–H and O–H groups in total. The standard InChI is InChI=1S/C11H24N4O2.HI/c1-8(6-7-14-9(12)13)15(5)10(16)17-11(2,3)4;/h8H,6-7H2,1-5H3,(H4,12,13,14);1H. The molecule has 0 heterocycles. The van der Waals surface area contributed by atoms with Crippen molar-refractivity contribution in [1.29, 1.82) is 0 Å². The molecule has 0 saturated carbocycles. The molecule has 1 amide bonds. The van der Waals surface area contributed by atoms with E-state index in [0.717, 1.165) is 0 Å². The summed E-state index contributed by atoms with van der Waals surface area (Å²) in [7, 11) is 1.70. The minimum atomic E-state index is -0.481. The summed E-state index contributed by atoms with van der Waals surface area (Å²) in [5.41, 5.74) is 9.96. The molecule has 0 fully saturated rings. The van der Waals surface area contributed by atoms with Crippen molar-refractivity contribution in [3.05, 3.63) is 0 Å². The molecule has 18 heavy (non-hydrogen) atoms. The van der Waals surface area contributed by atoms with E-state index in [4.69, 9.17) is 16.2 Å². The van der Waals surface area contributed by atoms with Crippen molar-refractivity contribution in [2.45, 2.75) is 45.8 Å². The molecule has 108 valence electrons. The smallest absolute Gasteiger partial charge is 0.410 e. The van der Waals surface area contributed by atoms with E-state index < -0.39 is 5.60 Å². The van der Waals surface area contributed by atoms with Gasteiger partial charge >= 0.3 is 6.09 Å². The van der Waals surface area contributed by atoms with Crippen LogP contribution in [0.15, 0.2) is 4.99 Å². The number of ether oxygens (including phenoxy) is 1. The van der Waals surface area contributed by atoms with Crippen LogP contribution in [0.1, 0.15) is 34.1 Å². The zero-order valence-corrected chi connectivity index (χ0v) is 14.1. The number of halogens is 1. The second-order valence-corrected chi connectivity index (χ2v) is 5.04. The molecular formula is C11H25IN4O2. The summed E-state index contributed by atoms with van der Waals surface area (Å²) in [6.07, 6.45) is 0.350. The third-order valence-corrected chi connectivity index (χ3v) is 2.18. The summed E-state index contributed by atoms with van der Waals surface area (Å²) in [5.74, 6) is 0.0668. The molecule has 0 radical (unpaired) electrons. The van der Waals surface area contributed by atoms with Crippen molar-refractivity contribution in [3.8, 4) is 0 Å². The molecule has 0 aliphatic carbocycles. The van der Waals surface area contributed by atoms with E-state index in [1.165, 1.54) is 0 Å². The van der Waals surface area contributed by atoms with Crippen molar-refractivity contribution in [2.75, 3.05) is 13.6 Å². The number of amides is 1. The van der Waals surface area contributed by atoms with E-state index in [2.05, 4.69) is 4.99 Å². The van der Waals surface area contributed by atoms with E-state index in [0.29, 0.717) is 13.0 Å². The van der Waals surface area contributed by atoms with E-state index in [-0.39, 0.29) is 42.1 Å². The molecule has 0 bridgehead atoms. The molecule has 0 aliphatic heterocycles. The Labute approximate surface area is 126 Å². The lowest BCUT2D eigenvalue weighted by Crippen LogP contribution is -2.39. The van der Waals surface area contributed by atoms with Crippen LogP contribution in [0.3, 0.4) is 0 Å². The van der Waals surface area contributed by atoms with Crippen LogP contribution < -0.4 is 11.5 Å². The number of carbonyl (C=O) groups is 1. The molecule has 0 saturated heterocycles. The van der Waals surface area contributed by atoms with E-state index in [9.17, 15) is 4.79 Å². The minimum Gasteiger partial charge on any atom is -0.444 e. The first-order valence-electron chi connectivity index (χ1n) is 5.64. The van der Waals surface area contributed by atoms with Gasteiger partial charge in [-0.15, -0.1) is 24.0 Å². The third-order valence-electron chi connectivity index (χ3n) is 2.18. The van der Waals surface area contributed by atoms with Gasteiger partial charge in [-0.2, -0.15) is 0 Å². The topological polar surface area (TPSA) is 93.9 Å². The lowest BCUT2D eigenvalue weighted by atomic mass is 10.2. The normalized spacial score (nSPS) is 12.1. The number of aliphatic imine (C=N–C) groups is 1. The molecule has 0 aromatic carbocycles. The monoisotopic (exact) mass is 372 g/mol. The second kappa shape index (κ2) is 8.39. The van der Waals surface area contributed by atoms with Crippen molar-refractivity contribution in [1.82, 2.24) is 4.90 Å². The summed E-state index contributed by atoms with van der Waals surface area (Å²) in [4.78, 5) is 17.1. The SMILES string of the molecule is CC(CCN=C(N)N)N(C)C(=O)OC(C)(C)C.I. The Morgan fingerprint density at radius 1 is 1.39 bits per heavy atom. The first-order chi connectivity index (χ1) is 7.63. The number of hydrogen-bond donors (Lipinski definition) is 2. The van der Waals surface area contributed by atoms with Crippen molar-refractivity contribution < 1.29 is 9.53 Å². The summed E-state index contributed by atoms with van der Waals surface area (Å²) in [6.45, 7) is 7.93. The van der Waals surface area contributed by atoms with Gasteiger partial charge in [0.05, 0.1) is 0 Å². The van der Waals surface area contributed by atoms with Gasteiger partial charge in [0.1, 0.15) is 5.60 Å². The maximum absolute atomic E-state index is 11.7. The Kier molecular flexibility index (Phi) is 9.13. The molecule has 0 aromatic rings. The summed E-state index contributed by atoms with van der Waals surface area (Å²) >= 11 is 0. The Hall–Kier alpha value is -0.730. The summed E-state index contributed by atoms with van der Waals surface area (Å²) in [5, 5.41) is 0. The number of carbonyl (C=O) groups excluding carboxylic acids is 1. The van der Waals surface area contributed by atoms with E-state index in [1.807, 2.05) is 27.7 Å². The number of guanidine groups is 1. The lowest BCUT2D eigenvalue weighted by Gasteiger charge is -2.28. The van der Waals surface area contributed by atoms with Crippen LogP contribution in [0.25, 0.3) is 0 Å². The number of nitrogens with zero attached hydrogens (tertiary/aromatic N) is 2. The molecule has 6 nitrogen and oxygen atoms in total. The first kappa shape index (κ1) is 19.6. The zero-order valence-electron chi connectivity index (χ0n) is 11.8. The Morgan fingerprint density at radius 2 is 1.89 bits per heavy atom. The van der Waals surface area contributed by atoms with E-state index >= 15 is 0 Å². The van der Waals surface area contributed by atoms with Gasteiger partial charge in [0.25, 0.3) is 0 Å². The quantitative estimate of drug-likeness (QED) is 0.445. The average molecular weight is 372 g/mol. The zero-order chi connectivity index (χ0) is 13.6. The highest BCUT2D eigenvalue weighted by molar-refractivity contribution is 14.0. The average Bonchev–Trinajstić information content (AvgIpc) is 2.13. The third kappa shape index (κ3) is 9.32. The number of rotatable bonds is 4. The van der Waals surface area contributed by atoms with Crippen molar-refractivity contribution in [3.63, 3.8) is 0 Å². The molecule has 0 aliphatic rings. The van der Waals surface area contributed by atoms with Gasteiger partial charge in [-0.1, -0.05) is 0 Å². The van der Waals surface area contributed by atoms with Crippen LogP contribution in [0, 0.1) is 0 Å². The van der Waals surface area contributed by atoms with E-state index in [1.54, 1.807) is 11.9 Å². The highest BCUT2D eigenvalue weighted by atomic mass is 127. The Balaban J connectivity index is 0. The fraction of sp³-hybridized carbons (Fsp3) is 0.818. The van der Waals surface area contributed by atoms with Crippen LogP contribution in [0.4, 0.5) is 4.79 Å². The predicted octanol–water partition coefficient (Wildman–Crippen LogP) is 1.52. The fourth-order valence-corrected chi connectivity index (χ4v) is 1.09. The highest BCUT2D eigenvalue weighted by Crippen LogP contribution is 2.11. The summed E-state index contributed by atoms with van der Waals surface area (Å²) < 4.78 is 5.25. The van der Waals surface area contributed by atoms with Gasteiger partial charge in [-0.05, 0) is 34.1 Å². The van der Waals surface area contributed by atoms with Crippen molar-refractivity contribution >= 4 is 36.0 Å². The van der Waals surface area contributed by atoms with Gasteiger partial charge in [0.2, 0.25) is 0 Å². The van der Waals surface area contributed by atoms with Gasteiger partial charge < -0.3 is 21.1 Å². The van der Waals surface area contributed by atoms with Crippen LogP contribution in [0.5, 0.6) is 0 Å². The van der Waals surface area contributed by atoms with Gasteiger partial charge in [0, 0.05) is 19.6 Å². The maximum atomic E-state index is 11.7. The molecule has 0 spiro atoms. The van der Waals surface area contributed by atoms with Gasteiger partial charge in [-0.3, -0.25) is 4.99 Å². The van der Waals surface area contributed by atoms with Crippen molar-refractivity contribution in [2.24, 2.45) is 16.5 Å². The molecule has 0 aromatic heterocycles. The molecule has 1 unspecified atom stereocenters. The predicted molar refractivity (Wildman–Crippen MR) is 84.2 cm³/mol. The van der Waals surface area contributed by atoms with Crippen LogP contribution >= 0.6 is 24.0 Å². The molecule has 1 atom stereocenters. The van der Waals surface area contributed by atoms with Crippen LogP contribution in [-0.4, -0.2) is 42.2 Å².